The molecule has 0 aliphatic rings. The molecule has 130 valence electrons. The monoisotopic (exact) mass is 340 g/mol. The van der Waals surface area contributed by atoms with Crippen molar-refractivity contribution in [3.63, 3.8) is 0 Å². The molecule has 25 heavy (non-hydrogen) atoms. The Kier molecular flexibility index (Phi) is 5.61. The van der Waals surface area contributed by atoms with E-state index in [2.05, 4.69) is 9.97 Å². The number of ether oxygens (including phenoxy) is 2. The molecule has 7 heteroatoms. The Balaban J connectivity index is 1.41. The molecule has 7 nitrogen and oxygen atoms in total. The molecule has 3 heterocycles. The molecule has 0 aromatic carbocycles. The van der Waals surface area contributed by atoms with Gasteiger partial charge in [-0.3, -0.25) is 0 Å². The largest absolute Gasteiger partial charge is 0.461 e. The van der Waals surface area contributed by atoms with Crippen molar-refractivity contribution in [2.24, 2.45) is 0 Å². The molecule has 3 aromatic rings. The van der Waals surface area contributed by atoms with Crippen LogP contribution in [-0.4, -0.2) is 9.97 Å². The lowest BCUT2D eigenvalue weighted by Gasteiger charge is -2.04. The minimum absolute atomic E-state index is 0.354. The van der Waals surface area contributed by atoms with Crippen molar-refractivity contribution in [2.75, 3.05) is 11.5 Å². The summed E-state index contributed by atoms with van der Waals surface area (Å²) in [5, 5.41) is 0. The lowest BCUT2D eigenvalue weighted by molar-refractivity contribution is 0.0750. The topological polar surface area (TPSA) is 109 Å². The molecule has 0 saturated heterocycles. The van der Waals surface area contributed by atoms with Gasteiger partial charge in [-0.05, 0) is 36.4 Å². The summed E-state index contributed by atoms with van der Waals surface area (Å²) in [6, 6.07) is 14.6. The Hall–Kier alpha value is -2.90. The summed E-state index contributed by atoms with van der Waals surface area (Å²) >= 11 is 0. The zero-order valence-electron chi connectivity index (χ0n) is 13.7. The third-order valence-electron chi connectivity index (χ3n) is 3.36. The maximum Gasteiger partial charge on any atom is 0.130 e. The number of nitrogens with two attached hydrogens (primary N) is 2. The molecule has 3 aromatic heterocycles. The summed E-state index contributed by atoms with van der Waals surface area (Å²) < 4.78 is 16.8. The van der Waals surface area contributed by atoms with E-state index in [1.807, 2.05) is 36.4 Å². The van der Waals surface area contributed by atoms with Gasteiger partial charge in [-0.15, -0.1) is 0 Å². The summed E-state index contributed by atoms with van der Waals surface area (Å²) in [5.74, 6) is 2.41. The van der Waals surface area contributed by atoms with Crippen LogP contribution < -0.4 is 11.5 Å². The van der Waals surface area contributed by atoms with Crippen LogP contribution in [-0.2, 0) is 35.9 Å². The molecule has 3 rings (SSSR count). The van der Waals surface area contributed by atoms with Crippen molar-refractivity contribution in [3.05, 3.63) is 71.4 Å². The van der Waals surface area contributed by atoms with Gasteiger partial charge in [0, 0.05) is 0 Å². The average molecular weight is 340 g/mol. The van der Waals surface area contributed by atoms with Gasteiger partial charge < -0.3 is 25.4 Å². The zero-order chi connectivity index (χ0) is 17.5. The van der Waals surface area contributed by atoms with Crippen molar-refractivity contribution in [3.8, 4) is 0 Å². The van der Waals surface area contributed by atoms with Crippen LogP contribution in [0.5, 0.6) is 0 Å². The van der Waals surface area contributed by atoms with Gasteiger partial charge in [0.2, 0.25) is 0 Å². The van der Waals surface area contributed by atoms with Crippen molar-refractivity contribution in [1.29, 1.82) is 0 Å². The van der Waals surface area contributed by atoms with Crippen LogP contribution in [0.4, 0.5) is 11.6 Å². The number of nitrogen functional groups attached to an aromatic ring is 2. The van der Waals surface area contributed by atoms with Gasteiger partial charge in [0.1, 0.15) is 36.4 Å². The number of hydrogen-bond donors (Lipinski definition) is 2. The summed E-state index contributed by atoms with van der Waals surface area (Å²) in [5.41, 5.74) is 12.8. The van der Waals surface area contributed by atoms with E-state index < -0.39 is 0 Å². The highest BCUT2D eigenvalue weighted by atomic mass is 16.5. The van der Waals surface area contributed by atoms with Crippen LogP contribution in [0.15, 0.2) is 52.9 Å². The first kappa shape index (κ1) is 16.9. The van der Waals surface area contributed by atoms with Gasteiger partial charge in [-0.2, -0.15) is 0 Å². The molecule has 0 unspecified atom stereocenters. The maximum atomic E-state index is 5.67. The van der Waals surface area contributed by atoms with E-state index in [0.29, 0.717) is 38.1 Å². The molecular weight excluding hydrogens is 320 g/mol. The van der Waals surface area contributed by atoms with Crippen molar-refractivity contribution < 1.29 is 13.9 Å². The van der Waals surface area contributed by atoms with Gasteiger partial charge in [0.05, 0.1) is 24.6 Å². The van der Waals surface area contributed by atoms with Crippen LogP contribution in [0.25, 0.3) is 0 Å². The molecule has 0 amide bonds. The van der Waals surface area contributed by atoms with Crippen LogP contribution in [0.2, 0.25) is 0 Å². The number of furan rings is 1. The normalized spacial score (nSPS) is 10.9. The number of hydrogen-bond acceptors (Lipinski definition) is 7. The van der Waals surface area contributed by atoms with E-state index in [1.54, 1.807) is 12.1 Å². The molecule has 0 saturated carbocycles. The van der Waals surface area contributed by atoms with Crippen molar-refractivity contribution in [2.45, 2.75) is 26.4 Å². The lowest BCUT2D eigenvalue weighted by atomic mass is 10.3. The minimum Gasteiger partial charge on any atom is -0.461 e. The molecule has 0 aliphatic heterocycles. The van der Waals surface area contributed by atoms with Gasteiger partial charge in [-0.25, -0.2) is 9.97 Å². The second-order valence-corrected chi connectivity index (χ2v) is 5.46. The quantitative estimate of drug-likeness (QED) is 0.648. The van der Waals surface area contributed by atoms with Crippen molar-refractivity contribution >= 4 is 11.6 Å². The Morgan fingerprint density at radius 1 is 0.680 bits per heavy atom. The van der Waals surface area contributed by atoms with E-state index >= 15 is 0 Å². The Bertz CT molecular complexity index is 753. The second-order valence-electron chi connectivity index (χ2n) is 5.46. The predicted molar refractivity (Wildman–Crippen MR) is 93.0 cm³/mol. The third-order valence-corrected chi connectivity index (χ3v) is 3.36. The Labute approximate surface area is 145 Å². The van der Waals surface area contributed by atoms with Gasteiger partial charge in [0.15, 0.2) is 0 Å². The number of aromatic nitrogens is 2. The Morgan fingerprint density at radius 2 is 1.16 bits per heavy atom. The minimum atomic E-state index is 0.354. The lowest BCUT2D eigenvalue weighted by Crippen LogP contribution is -1.99. The van der Waals surface area contributed by atoms with Crippen LogP contribution in [0.3, 0.4) is 0 Å². The van der Waals surface area contributed by atoms with E-state index in [-0.39, 0.29) is 0 Å². The van der Waals surface area contributed by atoms with E-state index in [0.717, 1.165) is 22.9 Å². The highest BCUT2D eigenvalue weighted by molar-refractivity contribution is 5.29. The summed E-state index contributed by atoms with van der Waals surface area (Å²) in [6.45, 7) is 1.46. The molecule has 0 radical (unpaired) electrons. The number of rotatable bonds is 8. The summed E-state index contributed by atoms with van der Waals surface area (Å²) in [4.78, 5) is 8.34. The first-order valence-corrected chi connectivity index (χ1v) is 7.85. The molecule has 0 spiro atoms. The second kappa shape index (κ2) is 8.27. The summed E-state index contributed by atoms with van der Waals surface area (Å²) in [7, 11) is 0. The highest BCUT2D eigenvalue weighted by Crippen LogP contribution is 2.12. The average Bonchev–Trinajstić information content (AvgIpc) is 3.03. The van der Waals surface area contributed by atoms with Gasteiger partial charge in [-0.1, -0.05) is 12.1 Å². The molecular formula is C18H20N4O3. The van der Waals surface area contributed by atoms with E-state index in [9.17, 15) is 0 Å². The van der Waals surface area contributed by atoms with Crippen LogP contribution in [0.1, 0.15) is 22.9 Å². The van der Waals surface area contributed by atoms with E-state index in [4.69, 9.17) is 25.4 Å². The Morgan fingerprint density at radius 3 is 1.60 bits per heavy atom. The van der Waals surface area contributed by atoms with Gasteiger partial charge in [0.25, 0.3) is 0 Å². The molecule has 4 N–H and O–H groups in total. The number of anilines is 2. The zero-order valence-corrected chi connectivity index (χ0v) is 13.7. The highest BCUT2D eigenvalue weighted by Gasteiger charge is 2.04. The SMILES string of the molecule is Nc1cccc(COCc2ccc(COCc3cccc(N)n3)o2)n1. The number of pyridine rings is 2. The van der Waals surface area contributed by atoms with Crippen LogP contribution in [0, 0.1) is 0 Å². The first-order chi connectivity index (χ1) is 12.2. The predicted octanol–water partition coefficient (Wildman–Crippen LogP) is 2.67. The van der Waals surface area contributed by atoms with E-state index in [1.165, 1.54) is 0 Å². The first-order valence-electron chi connectivity index (χ1n) is 7.85. The maximum absolute atomic E-state index is 5.67. The molecule has 0 atom stereocenters. The fourth-order valence-corrected chi connectivity index (χ4v) is 2.25. The smallest absolute Gasteiger partial charge is 0.130 e. The molecule has 0 aliphatic carbocycles. The molecule has 0 bridgehead atoms. The van der Waals surface area contributed by atoms with Gasteiger partial charge >= 0.3 is 0 Å². The molecule has 0 fully saturated rings. The fourth-order valence-electron chi connectivity index (χ4n) is 2.25. The summed E-state index contributed by atoms with van der Waals surface area (Å²) in [6.07, 6.45) is 0. The fraction of sp³-hybridized carbons (Fsp3) is 0.222. The number of nitrogens with zero attached hydrogens (tertiary/aromatic N) is 2. The van der Waals surface area contributed by atoms with Crippen molar-refractivity contribution in [1.82, 2.24) is 9.97 Å². The third kappa shape index (κ3) is 5.30. The standard InChI is InChI=1S/C18H20N4O3/c19-17-5-1-3-13(21-17)9-23-11-15-7-8-16(25-15)12-24-10-14-4-2-6-18(20)22-14/h1-8H,9-12H2,(H2,19,21)(H2,20,22). The van der Waals surface area contributed by atoms with Crippen LogP contribution >= 0.6 is 0 Å².